The molecule has 2 aromatic rings. The molecule has 0 bridgehead atoms. The molecule has 0 amide bonds. The summed E-state index contributed by atoms with van der Waals surface area (Å²) in [6.45, 7) is 4.78. The van der Waals surface area contributed by atoms with Crippen LogP contribution in [-0.2, 0) is 21.4 Å². The van der Waals surface area contributed by atoms with E-state index >= 15 is 0 Å². The molecule has 0 aromatic heterocycles. The van der Waals surface area contributed by atoms with Crippen molar-refractivity contribution in [3.05, 3.63) is 78.9 Å². The fourth-order valence-corrected chi connectivity index (χ4v) is 4.13. The van der Waals surface area contributed by atoms with Gasteiger partial charge in [0.15, 0.2) is 0 Å². The summed E-state index contributed by atoms with van der Waals surface area (Å²) in [5.74, 6) is 0. The van der Waals surface area contributed by atoms with Crippen LogP contribution < -0.4 is 10.0 Å². The Labute approximate surface area is 173 Å². The van der Waals surface area contributed by atoms with Crippen molar-refractivity contribution in [2.75, 3.05) is 19.8 Å². The summed E-state index contributed by atoms with van der Waals surface area (Å²) in [7, 11) is -3.67. The quantitative estimate of drug-likeness (QED) is 0.410. The Kier molecular flexibility index (Phi) is 10.0. The molecule has 6 nitrogen and oxygen atoms in total. The minimum atomic E-state index is -3.67. The summed E-state index contributed by atoms with van der Waals surface area (Å²) in [5, 5.41) is 12.5. The molecule has 0 saturated carbocycles. The maximum atomic E-state index is 12.7. The number of rotatable bonds is 14. The third-order valence-corrected chi connectivity index (χ3v) is 5.92. The van der Waals surface area contributed by atoms with E-state index in [-0.39, 0.29) is 24.2 Å². The van der Waals surface area contributed by atoms with E-state index in [2.05, 4.69) is 16.6 Å². The van der Waals surface area contributed by atoms with Gasteiger partial charge < -0.3 is 15.2 Å². The Hall–Kier alpha value is -2.03. The molecule has 0 spiro atoms. The summed E-state index contributed by atoms with van der Waals surface area (Å²) >= 11 is 0. The van der Waals surface area contributed by atoms with Crippen molar-refractivity contribution in [2.24, 2.45) is 0 Å². The zero-order valence-electron chi connectivity index (χ0n) is 16.5. The fraction of sp³-hybridized carbons (Fsp3) is 0.364. The molecule has 2 rings (SSSR count). The van der Waals surface area contributed by atoms with Crippen LogP contribution in [0.4, 0.5) is 0 Å². The van der Waals surface area contributed by atoms with Crippen molar-refractivity contribution in [1.82, 2.24) is 10.0 Å². The van der Waals surface area contributed by atoms with E-state index in [0.717, 1.165) is 5.56 Å². The van der Waals surface area contributed by atoms with E-state index in [9.17, 15) is 13.5 Å². The summed E-state index contributed by atoms with van der Waals surface area (Å²) in [5.41, 5.74) is 1.02. The average Bonchev–Trinajstić information content (AvgIpc) is 2.73. The van der Waals surface area contributed by atoms with Crippen LogP contribution in [0, 0.1) is 0 Å². The minimum absolute atomic E-state index is 0.0235. The molecule has 0 unspecified atom stereocenters. The molecule has 29 heavy (non-hydrogen) atoms. The van der Waals surface area contributed by atoms with Gasteiger partial charge in [-0.2, -0.15) is 0 Å². The molecule has 0 aliphatic carbocycles. The number of nitrogens with one attached hydrogen (secondary N) is 2. The van der Waals surface area contributed by atoms with Crippen molar-refractivity contribution in [2.45, 2.75) is 36.4 Å². The lowest BCUT2D eigenvalue weighted by atomic mass is 10.1. The lowest BCUT2D eigenvalue weighted by Crippen LogP contribution is -2.47. The Morgan fingerprint density at radius 1 is 1.03 bits per heavy atom. The summed E-state index contributed by atoms with van der Waals surface area (Å²) < 4.78 is 34.0. The van der Waals surface area contributed by atoms with Crippen molar-refractivity contribution >= 4 is 10.0 Å². The first-order chi connectivity index (χ1) is 14.0. The topological polar surface area (TPSA) is 87.7 Å². The minimum Gasteiger partial charge on any atom is -0.396 e. The van der Waals surface area contributed by atoms with Gasteiger partial charge in [0.05, 0.1) is 24.2 Å². The second kappa shape index (κ2) is 12.5. The third kappa shape index (κ3) is 8.47. The van der Waals surface area contributed by atoms with Crippen molar-refractivity contribution in [3.8, 4) is 0 Å². The van der Waals surface area contributed by atoms with Gasteiger partial charge in [0.2, 0.25) is 10.0 Å². The van der Waals surface area contributed by atoms with Gasteiger partial charge >= 0.3 is 0 Å². The van der Waals surface area contributed by atoms with E-state index in [1.54, 1.807) is 36.4 Å². The maximum absolute atomic E-state index is 12.7. The van der Waals surface area contributed by atoms with Crippen molar-refractivity contribution in [1.29, 1.82) is 0 Å². The highest BCUT2D eigenvalue weighted by Gasteiger charge is 2.21. The summed E-state index contributed by atoms with van der Waals surface area (Å²) in [6, 6.07) is 17.6. The Bertz CT molecular complexity index is 813. The molecule has 0 saturated heterocycles. The highest BCUT2D eigenvalue weighted by atomic mass is 32.2. The lowest BCUT2D eigenvalue weighted by molar-refractivity contribution is 0.102. The van der Waals surface area contributed by atoms with Crippen LogP contribution >= 0.6 is 0 Å². The molecule has 7 heteroatoms. The maximum Gasteiger partial charge on any atom is 0.240 e. The predicted molar refractivity (Wildman–Crippen MR) is 115 cm³/mol. The average molecular weight is 419 g/mol. The van der Waals surface area contributed by atoms with Crippen molar-refractivity contribution in [3.63, 3.8) is 0 Å². The molecule has 0 radical (unpaired) electrons. The van der Waals surface area contributed by atoms with Gasteiger partial charge in [-0.1, -0.05) is 54.6 Å². The molecular formula is C22H30N2O4S. The monoisotopic (exact) mass is 418 g/mol. The Morgan fingerprint density at radius 3 is 2.31 bits per heavy atom. The standard InChI is InChI=1S/C22H30N2O4S/c1-2-9-20(14-15-25)23-16-21(18-28-17-19-10-5-3-6-11-19)24-29(26,27)22-12-7-4-8-13-22/h2-8,10-13,20-21,23-25H,1,9,14-18H2/t20-,21-/m1/s1. The number of ether oxygens (including phenoxy) is 1. The zero-order chi connectivity index (χ0) is 21.0. The molecule has 3 N–H and O–H groups in total. The second-order valence-corrected chi connectivity index (χ2v) is 8.49. The highest BCUT2D eigenvalue weighted by molar-refractivity contribution is 7.89. The number of sulfonamides is 1. The van der Waals surface area contributed by atoms with E-state index in [1.807, 2.05) is 30.3 Å². The first-order valence-corrected chi connectivity index (χ1v) is 11.2. The number of hydrogen-bond donors (Lipinski definition) is 3. The van der Waals surface area contributed by atoms with E-state index in [1.165, 1.54) is 0 Å². The largest absolute Gasteiger partial charge is 0.396 e. The van der Waals surface area contributed by atoms with E-state index < -0.39 is 16.1 Å². The van der Waals surface area contributed by atoms with Crippen LogP contribution in [0.25, 0.3) is 0 Å². The van der Waals surface area contributed by atoms with Gasteiger partial charge in [-0.25, -0.2) is 13.1 Å². The summed E-state index contributed by atoms with van der Waals surface area (Å²) in [4.78, 5) is 0.214. The second-order valence-electron chi connectivity index (χ2n) is 6.77. The van der Waals surface area contributed by atoms with Gasteiger partial charge in [-0.05, 0) is 30.5 Å². The first kappa shape index (κ1) is 23.3. The summed E-state index contributed by atoms with van der Waals surface area (Å²) in [6.07, 6.45) is 3.03. The smallest absolute Gasteiger partial charge is 0.240 e. The first-order valence-electron chi connectivity index (χ1n) is 9.69. The number of aliphatic hydroxyl groups is 1. The number of benzene rings is 2. The van der Waals surface area contributed by atoms with Gasteiger partial charge in [0.25, 0.3) is 0 Å². The van der Waals surface area contributed by atoms with Crippen LogP contribution in [-0.4, -0.2) is 45.4 Å². The van der Waals surface area contributed by atoms with Crippen LogP contribution in [0.15, 0.2) is 78.2 Å². The number of hydrogen-bond acceptors (Lipinski definition) is 5. The van der Waals surface area contributed by atoms with Crippen LogP contribution in [0.3, 0.4) is 0 Å². The van der Waals surface area contributed by atoms with Gasteiger partial charge in [-0.15, -0.1) is 6.58 Å². The van der Waals surface area contributed by atoms with E-state index in [0.29, 0.717) is 26.0 Å². The van der Waals surface area contributed by atoms with Gasteiger partial charge in [-0.3, -0.25) is 0 Å². The van der Waals surface area contributed by atoms with Crippen molar-refractivity contribution < 1.29 is 18.3 Å². The molecule has 0 fully saturated rings. The van der Waals surface area contributed by atoms with E-state index in [4.69, 9.17) is 4.74 Å². The normalized spacial score (nSPS) is 13.7. The Balaban J connectivity index is 2.01. The van der Waals surface area contributed by atoms with Gasteiger partial charge in [0, 0.05) is 19.2 Å². The molecule has 0 aliphatic rings. The third-order valence-electron chi connectivity index (χ3n) is 4.39. The van der Waals surface area contributed by atoms with Crippen LogP contribution in [0.2, 0.25) is 0 Å². The Morgan fingerprint density at radius 2 is 1.69 bits per heavy atom. The fourth-order valence-electron chi connectivity index (χ4n) is 2.88. The highest BCUT2D eigenvalue weighted by Crippen LogP contribution is 2.09. The van der Waals surface area contributed by atoms with Crippen LogP contribution in [0.1, 0.15) is 18.4 Å². The molecule has 0 aliphatic heterocycles. The molecule has 0 heterocycles. The molecule has 2 aromatic carbocycles. The number of aliphatic hydroxyl groups excluding tert-OH is 1. The predicted octanol–water partition coefficient (Wildman–Crippen LogP) is 2.47. The SMILES string of the molecule is C=CC[C@H](CCO)NC[C@H](COCc1ccccc1)NS(=O)(=O)c1ccccc1. The lowest BCUT2D eigenvalue weighted by Gasteiger charge is -2.23. The zero-order valence-corrected chi connectivity index (χ0v) is 17.4. The molecule has 2 atom stereocenters. The molecule has 158 valence electrons. The molecular weight excluding hydrogens is 388 g/mol. The van der Waals surface area contributed by atoms with Gasteiger partial charge in [0.1, 0.15) is 0 Å². The van der Waals surface area contributed by atoms with Crippen LogP contribution in [0.5, 0.6) is 0 Å².